The van der Waals surface area contributed by atoms with E-state index in [0.29, 0.717) is 11.4 Å². The van der Waals surface area contributed by atoms with E-state index in [4.69, 9.17) is 11.6 Å². The van der Waals surface area contributed by atoms with E-state index >= 15 is 0 Å². The first-order valence-electron chi connectivity index (χ1n) is 4.97. The van der Waals surface area contributed by atoms with Crippen LogP contribution in [0.25, 0.3) is 0 Å². The molecule has 0 radical (unpaired) electrons. The lowest BCUT2D eigenvalue weighted by molar-refractivity contribution is 0.179. The Balaban J connectivity index is 2.17. The summed E-state index contributed by atoms with van der Waals surface area (Å²) in [6.45, 7) is 1.97. The number of aromatic nitrogens is 1. The Morgan fingerprint density at radius 3 is 2.88 bits per heavy atom. The number of thiazole rings is 1. The highest BCUT2D eigenvalue weighted by Crippen LogP contribution is 2.24. The minimum Gasteiger partial charge on any atom is -0.388 e. The van der Waals surface area contributed by atoms with Gasteiger partial charge in [-0.2, -0.15) is 0 Å². The highest BCUT2D eigenvalue weighted by Gasteiger charge is 2.10. The van der Waals surface area contributed by atoms with Crippen LogP contribution in [0.3, 0.4) is 0 Å². The number of aliphatic hydroxyl groups excluding tert-OH is 1. The lowest BCUT2D eigenvalue weighted by Gasteiger charge is -2.10. The van der Waals surface area contributed by atoms with Crippen molar-refractivity contribution in [2.75, 3.05) is 0 Å². The number of halogens is 1. The van der Waals surface area contributed by atoms with Crippen LogP contribution in [0.15, 0.2) is 29.9 Å². The van der Waals surface area contributed by atoms with Crippen LogP contribution in [0.5, 0.6) is 0 Å². The third kappa shape index (κ3) is 2.82. The quantitative estimate of drug-likeness (QED) is 0.910. The summed E-state index contributed by atoms with van der Waals surface area (Å²) in [5.74, 6) is 0. The predicted octanol–water partition coefficient (Wildman–Crippen LogP) is 3.38. The molecule has 0 bridgehead atoms. The third-order valence-electron chi connectivity index (χ3n) is 2.33. The van der Waals surface area contributed by atoms with Gasteiger partial charge in [-0.3, -0.25) is 4.98 Å². The summed E-state index contributed by atoms with van der Waals surface area (Å²) in [5.41, 5.74) is 3.69. The van der Waals surface area contributed by atoms with E-state index in [9.17, 15) is 5.11 Å². The lowest BCUT2D eigenvalue weighted by atomic mass is 10.0. The lowest BCUT2D eigenvalue weighted by Crippen LogP contribution is -2.01. The summed E-state index contributed by atoms with van der Waals surface area (Å²) < 4.78 is 0. The van der Waals surface area contributed by atoms with E-state index in [-0.39, 0.29) is 0 Å². The molecule has 1 aromatic carbocycles. The van der Waals surface area contributed by atoms with Gasteiger partial charge >= 0.3 is 0 Å². The van der Waals surface area contributed by atoms with Gasteiger partial charge < -0.3 is 5.11 Å². The van der Waals surface area contributed by atoms with Crippen molar-refractivity contribution in [3.05, 3.63) is 50.9 Å². The predicted molar refractivity (Wildman–Crippen MR) is 67.0 cm³/mol. The summed E-state index contributed by atoms with van der Waals surface area (Å²) in [7, 11) is 0. The van der Waals surface area contributed by atoms with Gasteiger partial charge in [-0.15, -0.1) is 11.3 Å². The van der Waals surface area contributed by atoms with E-state index in [1.54, 1.807) is 29.1 Å². The second-order valence-corrected chi connectivity index (χ2v) is 5.16. The molecule has 2 aromatic rings. The largest absolute Gasteiger partial charge is 0.388 e. The molecule has 1 unspecified atom stereocenters. The third-order valence-corrected chi connectivity index (χ3v) is 3.35. The highest BCUT2D eigenvalue weighted by atomic mass is 35.5. The van der Waals surface area contributed by atoms with Gasteiger partial charge in [0.1, 0.15) is 0 Å². The molecular weight excluding hydrogens is 242 g/mol. The normalized spacial score (nSPS) is 12.7. The van der Waals surface area contributed by atoms with Crippen LogP contribution in [-0.2, 0) is 6.42 Å². The molecule has 16 heavy (non-hydrogen) atoms. The molecule has 0 aliphatic rings. The van der Waals surface area contributed by atoms with Gasteiger partial charge in [0.2, 0.25) is 0 Å². The van der Waals surface area contributed by atoms with Gasteiger partial charge in [0.15, 0.2) is 0 Å². The van der Waals surface area contributed by atoms with Crippen LogP contribution in [0.1, 0.15) is 22.1 Å². The summed E-state index contributed by atoms with van der Waals surface area (Å²) >= 11 is 7.51. The molecule has 0 fully saturated rings. The average Bonchev–Trinajstić information content (AvgIpc) is 2.68. The van der Waals surface area contributed by atoms with E-state index < -0.39 is 6.10 Å². The Labute approximate surface area is 104 Å². The molecule has 0 saturated heterocycles. The van der Waals surface area contributed by atoms with E-state index in [2.05, 4.69) is 4.98 Å². The molecule has 2 nitrogen and oxygen atoms in total. The van der Waals surface area contributed by atoms with Gasteiger partial charge in [-0.25, -0.2) is 0 Å². The van der Waals surface area contributed by atoms with Crippen LogP contribution in [0.4, 0.5) is 0 Å². The molecule has 0 aliphatic carbocycles. The number of benzene rings is 1. The van der Waals surface area contributed by atoms with Crippen LogP contribution >= 0.6 is 22.9 Å². The van der Waals surface area contributed by atoms with E-state index in [0.717, 1.165) is 16.0 Å². The zero-order valence-electron chi connectivity index (χ0n) is 8.85. The van der Waals surface area contributed by atoms with Gasteiger partial charge in [0.25, 0.3) is 0 Å². The molecule has 84 valence electrons. The van der Waals surface area contributed by atoms with Crippen molar-refractivity contribution < 1.29 is 5.11 Å². The summed E-state index contributed by atoms with van der Waals surface area (Å²) in [4.78, 5) is 5.06. The molecule has 4 heteroatoms. The fraction of sp³-hybridized carbons (Fsp3) is 0.250. The number of aryl methyl sites for hydroxylation is 1. The Morgan fingerprint density at radius 1 is 1.44 bits per heavy atom. The first-order valence-corrected chi connectivity index (χ1v) is 6.23. The smallest absolute Gasteiger partial charge is 0.0839 e. The van der Waals surface area contributed by atoms with Crippen molar-refractivity contribution in [3.8, 4) is 0 Å². The van der Waals surface area contributed by atoms with Crippen LogP contribution in [0, 0.1) is 6.92 Å². The fourth-order valence-corrected chi connectivity index (χ4v) is 2.54. The topological polar surface area (TPSA) is 33.1 Å². The molecule has 1 heterocycles. The fourth-order valence-electron chi connectivity index (χ4n) is 1.61. The SMILES string of the molecule is Cc1cc(Cl)cc(C(O)Cc2cncs2)c1. The zero-order chi connectivity index (χ0) is 11.5. The van der Waals surface area contributed by atoms with Crippen LogP contribution < -0.4 is 0 Å². The Bertz CT molecular complexity index is 450. The molecule has 1 N–H and O–H groups in total. The monoisotopic (exact) mass is 253 g/mol. The van der Waals surface area contributed by atoms with Crippen LogP contribution in [-0.4, -0.2) is 10.1 Å². The summed E-state index contributed by atoms with van der Waals surface area (Å²) in [6.07, 6.45) is 1.85. The maximum Gasteiger partial charge on any atom is 0.0839 e. The minimum absolute atomic E-state index is 0.516. The molecule has 1 atom stereocenters. The van der Waals surface area contributed by atoms with Crippen molar-refractivity contribution in [1.29, 1.82) is 0 Å². The summed E-state index contributed by atoms with van der Waals surface area (Å²) in [6, 6.07) is 5.64. The van der Waals surface area contributed by atoms with Crippen molar-refractivity contribution >= 4 is 22.9 Å². The number of hydrogen-bond donors (Lipinski definition) is 1. The molecule has 0 spiro atoms. The number of rotatable bonds is 3. The zero-order valence-corrected chi connectivity index (χ0v) is 10.4. The van der Waals surface area contributed by atoms with E-state index in [1.165, 1.54) is 0 Å². The Kier molecular flexibility index (Phi) is 3.59. The first-order chi connectivity index (χ1) is 7.65. The van der Waals surface area contributed by atoms with Crippen molar-refractivity contribution in [1.82, 2.24) is 4.98 Å². The van der Waals surface area contributed by atoms with Gasteiger partial charge in [-0.05, 0) is 30.2 Å². The number of hydrogen-bond acceptors (Lipinski definition) is 3. The van der Waals surface area contributed by atoms with Gasteiger partial charge in [-0.1, -0.05) is 17.7 Å². The van der Waals surface area contributed by atoms with E-state index in [1.807, 2.05) is 19.1 Å². The highest BCUT2D eigenvalue weighted by molar-refractivity contribution is 7.09. The molecular formula is C12H12ClNOS. The van der Waals surface area contributed by atoms with Gasteiger partial charge in [0, 0.05) is 22.5 Å². The first kappa shape index (κ1) is 11.6. The summed E-state index contributed by atoms with van der Waals surface area (Å²) in [5, 5.41) is 10.7. The maximum atomic E-state index is 10.1. The molecule has 0 amide bonds. The van der Waals surface area contributed by atoms with Gasteiger partial charge in [0.05, 0.1) is 11.6 Å². The van der Waals surface area contributed by atoms with Crippen molar-refractivity contribution in [3.63, 3.8) is 0 Å². The second-order valence-electron chi connectivity index (χ2n) is 3.75. The van der Waals surface area contributed by atoms with Crippen LogP contribution in [0.2, 0.25) is 5.02 Å². The minimum atomic E-state index is -0.516. The standard InChI is InChI=1S/C12H12ClNOS/c1-8-2-9(4-10(13)3-8)12(15)5-11-6-14-7-16-11/h2-4,6-7,12,15H,5H2,1H3. The molecule has 0 aliphatic heterocycles. The Hall–Kier alpha value is -0.900. The number of aliphatic hydroxyl groups is 1. The Morgan fingerprint density at radius 2 is 2.25 bits per heavy atom. The molecule has 0 saturated carbocycles. The number of nitrogens with zero attached hydrogens (tertiary/aromatic N) is 1. The molecule has 1 aromatic heterocycles. The van der Waals surface area contributed by atoms with Crippen molar-refractivity contribution in [2.45, 2.75) is 19.4 Å². The second kappa shape index (κ2) is 4.95. The maximum absolute atomic E-state index is 10.1. The van der Waals surface area contributed by atoms with Crippen molar-refractivity contribution in [2.24, 2.45) is 0 Å². The average molecular weight is 254 g/mol. The molecule has 2 rings (SSSR count).